The Balaban J connectivity index is 1.94. The number of rotatable bonds is 8. The summed E-state index contributed by atoms with van der Waals surface area (Å²) in [6, 6.07) is 5.20. The molecule has 0 amide bonds. The molecule has 0 radical (unpaired) electrons. The SMILES string of the molecule is CCOC(=O)CS(=O)(=O)Nc1ccc(OC2CCN(C(C)C)CC2)c(Cl)c1. The minimum Gasteiger partial charge on any atom is -0.489 e. The Morgan fingerprint density at radius 1 is 1.33 bits per heavy atom. The highest BCUT2D eigenvalue weighted by atomic mass is 35.5. The second-order valence-electron chi connectivity index (χ2n) is 6.76. The van der Waals surface area contributed by atoms with E-state index in [1.807, 2.05) is 0 Å². The Hall–Kier alpha value is -1.51. The molecular weight excluding hydrogens is 392 g/mol. The Bertz CT molecular complexity index is 746. The van der Waals surface area contributed by atoms with Crippen molar-refractivity contribution in [1.29, 1.82) is 0 Å². The number of sulfonamides is 1. The molecule has 27 heavy (non-hydrogen) atoms. The molecule has 1 N–H and O–H groups in total. The maximum atomic E-state index is 12.0. The number of nitrogens with zero attached hydrogens (tertiary/aromatic N) is 1. The minimum absolute atomic E-state index is 0.0869. The van der Waals surface area contributed by atoms with Gasteiger partial charge in [-0.15, -0.1) is 0 Å². The molecule has 7 nitrogen and oxygen atoms in total. The first-order valence-electron chi connectivity index (χ1n) is 9.06. The van der Waals surface area contributed by atoms with Gasteiger partial charge in [-0.25, -0.2) is 8.42 Å². The largest absolute Gasteiger partial charge is 0.489 e. The maximum absolute atomic E-state index is 12.0. The summed E-state index contributed by atoms with van der Waals surface area (Å²) in [6.45, 7) is 8.06. The first-order chi connectivity index (χ1) is 12.7. The molecule has 0 unspecified atom stereocenters. The molecule has 1 aromatic carbocycles. The van der Waals surface area contributed by atoms with Crippen molar-refractivity contribution >= 4 is 33.3 Å². The summed E-state index contributed by atoms with van der Waals surface area (Å²) < 4.78 is 37.0. The number of nitrogens with one attached hydrogen (secondary N) is 1. The third-order valence-corrected chi connectivity index (χ3v) is 5.78. The van der Waals surface area contributed by atoms with Gasteiger partial charge in [0.2, 0.25) is 10.0 Å². The molecule has 1 aliphatic rings. The number of ether oxygens (including phenoxy) is 2. The topological polar surface area (TPSA) is 84.9 Å². The Kier molecular flexibility index (Phi) is 7.76. The maximum Gasteiger partial charge on any atom is 0.323 e. The number of piperidine rings is 1. The normalized spacial score (nSPS) is 16.3. The molecule has 0 aromatic heterocycles. The van der Waals surface area contributed by atoms with Crippen molar-refractivity contribution < 1.29 is 22.7 Å². The fraction of sp³-hybridized carbons (Fsp3) is 0.611. The van der Waals surface area contributed by atoms with Crippen molar-refractivity contribution in [3.05, 3.63) is 23.2 Å². The van der Waals surface area contributed by atoms with E-state index in [4.69, 9.17) is 16.3 Å². The van der Waals surface area contributed by atoms with Crippen LogP contribution in [0.5, 0.6) is 5.75 Å². The van der Waals surface area contributed by atoms with Crippen LogP contribution < -0.4 is 9.46 Å². The molecule has 152 valence electrons. The average molecular weight is 419 g/mol. The molecule has 0 spiro atoms. The molecule has 1 saturated heterocycles. The zero-order chi connectivity index (χ0) is 20.0. The van der Waals surface area contributed by atoms with E-state index in [0.717, 1.165) is 25.9 Å². The van der Waals surface area contributed by atoms with E-state index < -0.39 is 21.7 Å². The highest BCUT2D eigenvalue weighted by molar-refractivity contribution is 7.93. The van der Waals surface area contributed by atoms with Crippen LogP contribution in [-0.4, -0.2) is 56.9 Å². The Labute approximate surface area is 166 Å². The minimum atomic E-state index is -3.86. The molecule has 9 heteroatoms. The lowest BCUT2D eigenvalue weighted by atomic mass is 10.1. The monoisotopic (exact) mass is 418 g/mol. The first-order valence-corrected chi connectivity index (χ1v) is 11.1. The molecule has 0 atom stereocenters. The van der Waals surface area contributed by atoms with E-state index in [1.165, 1.54) is 6.07 Å². The van der Waals surface area contributed by atoms with Gasteiger partial charge in [-0.3, -0.25) is 9.52 Å². The van der Waals surface area contributed by atoms with Crippen LogP contribution >= 0.6 is 11.6 Å². The zero-order valence-electron chi connectivity index (χ0n) is 15.9. The fourth-order valence-corrected chi connectivity index (χ4v) is 4.10. The van der Waals surface area contributed by atoms with E-state index >= 15 is 0 Å². The van der Waals surface area contributed by atoms with Gasteiger partial charge in [-0.05, 0) is 51.8 Å². The smallest absolute Gasteiger partial charge is 0.323 e. The zero-order valence-corrected chi connectivity index (χ0v) is 17.5. The number of hydrogen-bond acceptors (Lipinski definition) is 6. The summed E-state index contributed by atoms with van der Waals surface area (Å²) >= 11 is 6.25. The van der Waals surface area contributed by atoms with Gasteiger partial charge in [0.25, 0.3) is 0 Å². The van der Waals surface area contributed by atoms with E-state index in [0.29, 0.717) is 16.8 Å². The summed E-state index contributed by atoms with van der Waals surface area (Å²) in [5.74, 6) is -1.03. The second kappa shape index (κ2) is 9.61. The van der Waals surface area contributed by atoms with Gasteiger partial charge in [0.05, 0.1) is 17.3 Å². The van der Waals surface area contributed by atoms with Gasteiger partial charge < -0.3 is 14.4 Å². The van der Waals surface area contributed by atoms with Gasteiger partial charge in [-0.2, -0.15) is 0 Å². The van der Waals surface area contributed by atoms with Crippen molar-refractivity contribution in [2.45, 2.75) is 45.8 Å². The van der Waals surface area contributed by atoms with Crippen LogP contribution in [0.1, 0.15) is 33.6 Å². The molecule has 1 fully saturated rings. The van der Waals surface area contributed by atoms with Crippen molar-refractivity contribution in [2.75, 3.05) is 30.2 Å². The highest BCUT2D eigenvalue weighted by Crippen LogP contribution is 2.30. The highest BCUT2D eigenvalue weighted by Gasteiger charge is 2.23. The summed E-state index contributed by atoms with van der Waals surface area (Å²) in [7, 11) is -3.86. The van der Waals surface area contributed by atoms with Gasteiger partial charge >= 0.3 is 5.97 Å². The number of benzene rings is 1. The lowest BCUT2D eigenvalue weighted by Crippen LogP contribution is -2.41. The van der Waals surface area contributed by atoms with Crippen molar-refractivity contribution in [1.82, 2.24) is 4.90 Å². The number of halogens is 1. The Morgan fingerprint density at radius 2 is 2.00 bits per heavy atom. The molecule has 1 aliphatic heterocycles. The number of anilines is 1. The van der Waals surface area contributed by atoms with Crippen LogP contribution in [-0.2, 0) is 19.6 Å². The van der Waals surface area contributed by atoms with Crippen molar-refractivity contribution in [3.8, 4) is 5.75 Å². The summed E-state index contributed by atoms with van der Waals surface area (Å²) in [5, 5.41) is 0.317. The van der Waals surface area contributed by atoms with Gasteiger partial charge in [0.1, 0.15) is 11.9 Å². The van der Waals surface area contributed by atoms with Crippen LogP contribution in [0.15, 0.2) is 18.2 Å². The van der Waals surface area contributed by atoms with E-state index in [9.17, 15) is 13.2 Å². The standard InChI is InChI=1S/C18H27ClN2O5S/c1-4-25-18(22)12-27(23,24)20-14-5-6-17(16(19)11-14)26-15-7-9-21(10-8-15)13(2)3/h5-6,11,13,15,20H,4,7-10,12H2,1-3H3. The predicted molar refractivity (Wildman–Crippen MR) is 106 cm³/mol. The van der Waals surface area contributed by atoms with Crippen LogP contribution in [0.3, 0.4) is 0 Å². The molecular formula is C18H27ClN2O5S. The average Bonchev–Trinajstić information content (AvgIpc) is 2.57. The van der Waals surface area contributed by atoms with Gasteiger partial charge in [0, 0.05) is 19.1 Å². The summed E-state index contributed by atoms with van der Waals surface area (Å²) in [4.78, 5) is 13.8. The van der Waals surface area contributed by atoms with Crippen LogP contribution in [0.25, 0.3) is 0 Å². The predicted octanol–water partition coefficient (Wildman–Crippen LogP) is 2.90. The second-order valence-corrected chi connectivity index (χ2v) is 8.89. The van der Waals surface area contributed by atoms with E-state index in [-0.39, 0.29) is 18.4 Å². The molecule has 2 rings (SSSR count). The van der Waals surface area contributed by atoms with Crippen molar-refractivity contribution in [3.63, 3.8) is 0 Å². The Morgan fingerprint density at radius 3 is 2.56 bits per heavy atom. The lowest BCUT2D eigenvalue weighted by Gasteiger charge is -2.34. The quantitative estimate of drug-likeness (QED) is 0.653. The van der Waals surface area contributed by atoms with E-state index in [1.54, 1.807) is 19.1 Å². The third-order valence-electron chi connectivity index (χ3n) is 4.32. The van der Waals surface area contributed by atoms with Crippen LogP contribution in [0, 0.1) is 0 Å². The number of hydrogen-bond donors (Lipinski definition) is 1. The van der Waals surface area contributed by atoms with E-state index in [2.05, 4.69) is 28.2 Å². The number of carbonyl (C=O) groups excluding carboxylic acids is 1. The number of esters is 1. The fourth-order valence-electron chi connectivity index (χ4n) is 2.92. The van der Waals surface area contributed by atoms with Crippen LogP contribution in [0.2, 0.25) is 5.02 Å². The molecule has 1 heterocycles. The lowest BCUT2D eigenvalue weighted by molar-refractivity contribution is -0.139. The number of likely N-dealkylation sites (tertiary alicyclic amines) is 1. The summed E-state index contributed by atoms with van der Waals surface area (Å²) in [6.07, 6.45) is 1.93. The molecule has 0 bridgehead atoms. The number of carbonyl (C=O) groups is 1. The molecule has 0 aliphatic carbocycles. The molecule has 1 aromatic rings. The van der Waals surface area contributed by atoms with Gasteiger partial charge in [0.15, 0.2) is 5.75 Å². The molecule has 0 saturated carbocycles. The first kappa shape index (κ1) is 21.8. The van der Waals surface area contributed by atoms with Crippen LogP contribution in [0.4, 0.5) is 5.69 Å². The van der Waals surface area contributed by atoms with Crippen molar-refractivity contribution in [2.24, 2.45) is 0 Å². The summed E-state index contributed by atoms with van der Waals surface area (Å²) in [5.41, 5.74) is 0.270. The third kappa shape index (κ3) is 6.86. The van der Waals surface area contributed by atoms with Gasteiger partial charge in [-0.1, -0.05) is 11.6 Å².